The van der Waals surface area contributed by atoms with E-state index in [4.69, 9.17) is 23.2 Å². The first kappa shape index (κ1) is 13.9. The van der Waals surface area contributed by atoms with Crippen molar-refractivity contribution in [3.8, 4) is 0 Å². The molecule has 0 aliphatic carbocycles. The molecule has 2 rings (SSSR count). The van der Waals surface area contributed by atoms with Gasteiger partial charge in [-0.15, -0.1) is 0 Å². The molecule has 0 N–H and O–H groups in total. The number of likely N-dealkylation sites (N-methyl/N-ethyl adjacent to an activating group) is 2. The second-order valence-electron chi connectivity index (χ2n) is 4.64. The summed E-state index contributed by atoms with van der Waals surface area (Å²) < 4.78 is 13.2. The fourth-order valence-electron chi connectivity index (χ4n) is 2.06. The van der Waals surface area contributed by atoms with Gasteiger partial charge in [-0.3, -0.25) is 0 Å². The highest BCUT2D eigenvalue weighted by molar-refractivity contribution is 6.33. The maximum Gasteiger partial charge on any atom is 0.197 e. The monoisotopic (exact) mass is 292 g/mol. The van der Waals surface area contributed by atoms with Crippen LogP contribution in [0.5, 0.6) is 0 Å². The van der Waals surface area contributed by atoms with Crippen LogP contribution in [0.15, 0.2) is 0 Å². The Morgan fingerprint density at radius 3 is 2.44 bits per heavy atom. The van der Waals surface area contributed by atoms with E-state index in [0.29, 0.717) is 18.3 Å². The molecule has 1 aliphatic heterocycles. The minimum atomic E-state index is -0.754. The van der Waals surface area contributed by atoms with Crippen molar-refractivity contribution in [3.63, 3.8) is 0 Å². The van der Waals surface area contributed by atoms with Crippen LogP contribution in [0.3, 0.4) is 0 Å². The second kappa shape index (κ2) is 5.65. The quantitative estimate of drug-likeness (QED) is 0.777. The Labute approximate surface area is 116 Å². The number of rotatable bonds is 2. The Kier molecular flexibility index (Phi) is 4.37. The fourth-order valence-corrected chi connectivity index (χ4v) is 2.48. The highest BCUT2D eigenvalue weighted by Crippen LogP contribution is 2.20. The third-order valence-corrected chi connectivity index (χ3v) is 3.72. The zero-order valence-electron chi connectivity index (χ0n) is 10.3. The van der Waals surface area contributed by atoms with Gasteiger partial charge in [0.2, 0.25) is 0 Å². The van der Waals surface area contributed by atoms with Gasteiger partial charge < -0.3 is 9.80 Å². The van der Waals surface area contributed by atoms with Crippen LogP contribution in [-0.2, 0) is 6.42 Å². The molecule has 1 aromatic heterocycles. The van der Waals surface area contributed by atoms with E-state index in [9.17, 15) is 4.39 Å². The van der Waals surface area contributed by atoms with Gasteiger partial charge in [-0.05, 0) is 14.1 Å². The molecular formula is C11H15Cl2FN4. The molecule has 0 radical (unpaired) electrons. The van der Waals surface area contributed by atoms with Crippen molar-refractivity contribution in [1.29, 1.82) is 0 Å². The van der Waals surface area contributed by atoms with E-state index < -0.39 is 5.82 Å². The summed E-state index contributed by atoms with van der Waals surface area (Å²) >= 11 is 11.3. The molecule has 18 heavy (non-hydrogen) atoms. The van der Waals surface area contributed by atoms with Crippen molar-refractivity contribution in [3.05, 3.63) is 21.9 Å². The van der Waals surface area contributed by atoms with E-state index in [2.05, 4.69) is 33.9 Å². The van der Waals surface area contributed by atoms with E-state index in [1.807, 2.05) is 0 Å². The standard InChI is InChI=1S/C11H15Cl2FN4/c1-17-3-4-18(2)7(6-17)5-8-15-10(12)9(14)11(13)16-8/h7H,3-6H2,1-2H3. The molecule has 1 aromatic rings. The third kappa shape index (κ3) is 3.09. The summed E-state index contributed by atoms with van der Waals surface area (Å²) in [4.78, 5) is 12.4. The molecule has 1 unspecified atom stereocenters. The molecule has 1 saturated heterocycles. The molecule has 4 nitrogen and oxygen atoms in total. The first-order chi connectivity index (χ1) is 8.47. The van der Waals surface area contributed by atoms with Crippen molar-refractivity contribution >= 4 is 23.2 Å². The molecule has 1 atom stereocenters. The number of aromatic nitrogens is 2. The summed E-state index contributed by atoms with van der Waals surface area (Å²) in [7, 11) is 4.13. The van der Waals surface area contributed by atoms with Gasteiger partial charge in [0.05, 0.1) is 0 Å². The van der Waals surface area contributed by atoms with Crippen LogP contribution in [0.4, 0.5) is 4.39 Å². The first-order valence-electron chi connectivity index (χ1n) is 5.73. The van der Waals surface area contributed by atoms with Crippen LogP contribution in [-0.4, -0.2) is 59.5 Å². The minimum Gasteiger partial charge on any atom is -0.304 e. The number of halogens is 3. The lowest BCUT2D eigenvalue weighted by Gasteiger charge is -2.37. The molecule has 2 heterocycles. The molecule has 0 saturated carbocycles. The number of piperazine rings is 1. The van der Waals surface area contributed by atoms with E-state index >= 15 is 0 Å². The first-order valence-corrected chi connectivity index (χ1v) is 6.49. The van der Waals surface area contributed by atoms with Crippen LogP contribution in [0.2, 0.25) is 10.3 Å². The largest absolute Gasteiger partial charge is 0.304 e. The van der Waals surface area contributed by atoms with Gasteiger partial charge in [0, 0.05) is 32.1 Å². The predicted molar refractivity (Wildman–Crippen MR) is 69.6 cm³/mol. The van der Waals surface area contributed by atoms with E-state index in [0.717, 1.165) is 19.6 Å². The van der Waals surface area contributed by atoms with Crippen molar-refractivity contribution in [2.45, 2.75) is 12.5 Å². The average Bonchev–Trinajstić information content (AvgIpc) is 2.31. The lowest BCUT2D eigenvalue weighted by Crippen LogP contribution is -2.51. The molecule has 7 heteroatoms. The lowest BCUT2D eigenvalue weighted by molar-refractivity contribution is 0.113. The fraction of sp³-hybridized carbons (Fsp3) is 0.636. The summed E-state index contributed by atoms with van der Waals surface area (Å²) in [5, 5.41) is -0.423. The topological polar surface area (TPSA) is 32.3 Å². The molecule has 0 spiro atoms. The van der Waals surface area contributed by atoms with E-state index in [-0.39, 0.29) is 10.3 Å². The van der Waals surface area contributed by atoms with Gasteiger partial charge >= 0.3 is 0 Å². The number of hydrogen-bond acceptors (Lipinski definition) is 4. The normalized spacial score (nSPS) is 22.4. The zero-order chi connectivity index (χ0) is 13.3. The molecule has 0 bridgehead atoms. The van der Waals surface area contributed by atoms with Crippen molar-refractivity contribution in [2.75, 3.05) is 33.7 Å². The number of nitrogens with zero attached hydrogens (tertiary/aromatic N) is 4. The summed E-state index contributed by atoms with van der Waals surface area (Å²) in [5.74, 6) is -0.269. The van der Waals surface area contributed by atoms with Crippen LogP contribution < -0.4 is 0 Å². The zero-order valence-corrected chi connectivity index (χ0v) is 11.8. The Morgan fingerprint density at radius 2 is 1.83 bits per heavy atom. The molecule has 1 aliphatic rings. The highest BCUT2D eigenvalue weighted by Gasteiger charge is 2.24. The van der Waals surface area contributed by atoms with Crippen molar-refractivity contribution in [2.24, 2.45) is 0 Å². The molecule has 100 valence electrons. The van der Waals surface area contributed by atoms with Crippen molar-refractivity contribution in [1.82, 2.24) is 19.8 Å². The summed E-state index contributed by atoms with van der Waals surface area (Å²) in [6.45, 7) is 2.95. The van der Waals surface area contributed by atoms with Crippen LogP contribution >= 0.6 is 23.2 Å². The van der Waals surface area contributed by atoms with Gasteiger partial charge in [-0.1, -0.05) is 23.2 Å². The average molecular weight is 293 g/mol. The highest BCUT2D eigenvalue weighted by atomic mass is 35.5. The van der Waals surface area contributed by atoms with Gasteiger partial charge in [-0.25, -0.2) is 14.4 Å². The summed E-state index contributed by atoms with van der Waals surface area (Å²) in [6.07, 6.45) is 0.612. The second-order valence-corrected chi connectivity index (χ2v) is 5.35. The van der Waals surface area contributed by atoms with Crippen LogP contribution in [0.1, 0.15) is 5.82 Å². The summed E-state index contributed by atoms with van der Waals surface area (Å²) in [5.41, 5.74) is 0. The maximum absolute atomic E-state index is 13.2. The molecule has 0 aromatic carbocycles. The van der Waals surface area contributed by atoms with E-state index in [1.165, 1.54) is 0 Å². The van der Waals surface area contributed by atoms with Crippen LogP contribution in [0.25, 0.3) is 0 Å². The SMILES string of the molecule is CN1CCN(C)C(Cc2nc(Cl)c(F)c(Cl)n2)C1. The molecule has 0 amide bonds. The number of hydrogen-bond donors (Lipinski definition) is 0. The van der Waals surface area contributed by atoms with Gasteiger partial charge in [0.1, 0.15) is 5.82 Å². The van der Waals surface area contributed by atoms with Gasteiger partial charge in [0.15, 0.2) is 16.1 Å². The van der Waals surface area contributed by atoms with Gasteiger partial charge in [-0.2, -0.15) is 0 Å². The Hall–Kier alpha value is -0.490. The minimum absolute atomic E-state index is 0.211. The molecular weight excluding hydrogens is 278 g/mol. The van der Waals surface area contributed by atoms with Crippen LogP contribution in [0, 0.1) is 5.82 Å². The Bertz CT molecular complexity index is 420. The Balaban J connectivity index is 2.13. The Morgan fingerprint density at radius 1 is 1.22 bits per heavy atom. The summed E-state index contributed by atoms with van der Waals surface area (Å²) in [6, 6.07) is 0.293. The smallest absolute Gasteiger partial charge is 0.197 e. The third-order valence-electron chi connectivity index (χ3n) is 3.22. The van der Waals surface area contributed by atoms with E-state index in [1.54, 1.807) is 0 Å². The molecule has 1 fully saturated rings. The predicted octanol–water partition coefficient (Wildman–Crippen LogP) is 1.71. The van der Waals surface area contributed by atoms with Crippen molar-refractivity contribution < 1.29 is 4.39 Å². The van der Waals surface area contributed by atoms with Gasteiger partial charge in [0.25, 0.3) is 0 Å². The lowest BCUT2D eigenvalue weighted by atomic mass is 10.1. The maximum atomic E-state index is 13.2.